The Hall–Kier alpha value is -1.62. The predicted octanol–water partition coefficient (Wildman–Crippen LogP) is 2.25. The minimum atomic E-state index is -0.485. The summed E-state index contributed by atoms with van der Waals surface area (Å²) < 4.78 is 0. The van der Waals surface area contributed by atoms with Gasteiger partial charge in [0.05, 0.1) is 0 Å². The Morgan fingerprint density at radius 1 is 1.24 bits per heavy atom. The molecule has 3 N–H and O–H groups in total. The Labute approximate surface area is 106 Å². The van der Waals surface area contributed by atoms with E-state index in [2.05, 4.69) is 10.6 Å². The zero-order valence-corrected chi connectivity index (χ0v) is 10.9. The predicted molar refractivity (Wildman–Crippen MR) is 71.9 cm³/mol. The zero-order valence-electron chi connectivity index (χ0n) is 10.1. The summed E-state index contributed by atoms with van der Waals surface area (Å²) in [6.07, 6.45) is 0. The van der Waals surface area contributed by atoms with Crippen molar-refractivity contribution < 1.29 is 9.90 Å². The normalized spacial score (nSPS) is 10.8. The van der Waals surface area contributed by atoms with Crippen LogP contribution in [-0.4, -0.2) is 16.1 Å². The molecule has 92 valence electrons. The molecular formula is C12H16N2O2S. The molecule has 0 saturated heterocycles. The lowest BCUT2D eigenvalue weighted by Crippen LogP contribution is -2.41. The second-order valence-corrected chi connectivity index (χ2v) is 5.11. The van der Waals surface area contributed by atoms with E-state index in [0.717, 1.165) is 0 Å². The van der Waals surface area contributed by atoms with Crippen LogP contribution in [0.5, 0.6) is 5.75 Å². The van der Waals surface area contributed by atoms with Crippen molar-refractivity contribution in [2.24, 2.45) is 5.41 Å². The Kier molecular flexibility index (Phi) is 4.07. The number of phenolic OH excluding ortho intramolecular Hbond substituents is 1. The van der Waals surface area contributed by atoms with E-state index in [1.165, 1.54) is 12.1 Å². The van der Waals surface area contributed by atoms with Crippen LogP contribution in [0.15, 0.2) is 24.3 Å². The molecule has 1 aromatic carbocycles. The van der Waals surface area contributed by atoms with E-state index < -0.39 is 5.41 Å². The zero-order chi connectivity index (χ0) is 13.1. The number of carbonyl (C=O) groups is 1. The van der Waals surface area contributed by atoms with Gasteiger partial charge in [-0.2, -0.15) is 0 Å². The summed E-state index contributed by atoms with van der Waals surface area (Å²) in [5.74, 6) is 0.0361. The van der Waals surface area contributed by atoms with Crippen LogP contribution in [0, 0.1) is 5.41 Å². The van der Waals surface area contributed by atoms with Crippen LogP contribution in [0.4, 0.5) is 5.69 Å². The molecule has 0 aromatic heterocycles. The Morgan fingerprint density at radius 2 is 1.76 bits per heavy atom. The molecule has 0 atom stereocenters. The molecule has 0 aliphatic carbocycles. The molecule has 0 radical (unpaired) electrons. The first-order chi connectivity index (χ1) is 7.79. The molecule has 0 spiro atoms. The molecule has 0 aliphatic rings. The Morgan fingerprint density at radius 3 is 2.24 bits per heavy atom. The average Bonchev–Trinajstić information content (AvgIpc) is 2.20. The first kappa shape index (κ1) is 13.4. The van der Waals surface area contributed by atoms with Gasteiger partial charge in [-0.3, -0.25) is 4.79 Å². The number of benzene rings is 1. The van der Waals surface area contributed by atoms with Gasteiger partial charge in [-0.05, 0) is 36.5 Å². The highest BCUT2D eigenvalue weighted by Crippen LogP contribution is 2.15. The van der Waals surface area contributed by atoms with Crippen molar-refractivity contribution in [2.45, 2.75) is 20.8 Å². The minimum absolute atomic E-state index is 0.145. The minimum Gasteiger partial charge on any atom is -0.508 e. The number of aromatic hydroxyl groups is 1. The Balaban J connectivity index is 2.56. The topological polar surface area (TPSA) is 61.4 Å². The van der Waals surface area contributed by atoms with Crippen molar-refractivity contribution in [1.29, 1.82) is 0 Å². The highest BCUT2D eigenvalue weighted by atomic mass is 32.1. The summed E-state index contributed by atoms with van der Waals surface area (Å²) in [4.78, 5) is 11.6. The van der Waals surface area contributed by atoms with Crippen molar-refractivity contribution in [2.75, 3.05) is 5.32 Å². The van der Waals surface area contributed by atoms with Gasteiger partial charge >= 0.3 is 0 Å². The maximum atomic E-state index is 11.6. The third-order valence-electron chi connectivity index (χ3n) is 2.03. The van der Waals surface area contributed by atoms with Crippen LogP contribution in [0.1, 0.15) is 20.8 Å². The van der Waals surface area contributed by atoms with E-state index in [4.69, 9.17) is 17.3 Å². The van der Waals surface area contributed by atoms with Gasteiger partial charge in [-0.25, -0.2) is 0 Å². The smallest absolute Gasteiger partial charge is 0.231 e. The molecule has 4 nitrogen and oxygen atoms in total. The first-order valence-corrected chi connectivity index (χ1v) is 5.61. The van der Waals surface area contributed by atoms with Gasteiger partial charge in [0.1, 0.15) is 5.75 Å². The van der Waals surface area contributed by atoms with Crippen molar-refractivity contribution >= 4 is 28.9 Å². The van der Waals surface area contributed by atoms with Crippen LogP contribution in [-0.2, 0) is 4.79 Å². The number of thiocarbonyl (C=S) groups is 1. The third kappa shape index (κ3) is 4.40. The number of anilines is 1. The number of carbonyl (C=O) groups excluding carboxylic acids is 1. The van der Waals surface area contributed by atoms with E-state index in [1.807, 2.05) is 20.8 Å². The summed E-state index contributed by atoms with van der Waals surface area (Å²) in [5, 5.41) is 14.8. The molecule has 0 fully saturated rings. The van der Waals surface area contributed by atoms with Gasteiger partial charge in [-0.1, -0.05) is 20.8 Å². The molecular weight excluding hydrogens is 236 g/mol. The van der Waals surface area contributed by atoms with E-state index in [1.54, 1.807) is 12.1 Å². The van der Waals surface area contributed by atoms with Crippen LogP contribution >= 0.6 is 12.2 Å². The van der Waals surface area contributed by atoms with E-state index in [0.29, 0.717) is 5.69 Å². The molecule has 1 aromatic rings. The molecule has 5 heteroatoms. The number of hydrogen-bond donors (Lipinski definition) is 3. The standard InChI is InChI=1S/C12H16N2O2S/c1-12(2,3)10(16)14-11(17)13-8-4-6-9(15)7-5-8/h4-7,15H,1-3H3,(H2,13,14,16,17). The molecule has 0 bridgehead atoms. The molecule has 0 unspecified atom stereocenters. The fourth-order valence-electron chi connectivity index (χ4n) is 0.998. The van der Waals surface area contributed by atoms with Gasteiger partial charge in [0.2, 0.25) is 5.91 Å². The quantitative estimate of drug-likeness (QED) is 0.530. The van der Waals surface area contributed by atoms with Crippen molar-refractivity contribution in [3.05, 3.63) is 24.3 Å². The number of hydrogen-bond acceptors (Lipinski definition) is 3. The highest BCUT2D eigenvalue weighted by molar-refractivity contribution is 7.80. The maximum Gasteiger partial charge on any atom is 0.231 e. The summed E-state index contributed by atoms with van der Waals surface area (Å²) in [5.41, 5.74) is 0.225. The van der Waals surface area contributed by atoms with Crippen LogP contribution in [0.3, 0.4) is 0 Å². The summed E-state index contributed by atoms with van der Waals surface area (Å²) in [6, 6.07) is 6.42. The number of nitrogens with one attached hydrogen (secondary N) is 2. The van der Waals surface area contributed by atoms with Gasteiger partial charge < -0.3 is 15.7 Å². The Bertz CT molecular complexity index is 421. The van der Waals surface area contributed by atoms with Crippen LogP contribution in [0.2, 0.25) is 0 Å². The molecule has 0 saturated carbocycles. The highest BCUT2D eigenvalue weighted by Gasteiger charge is 2.21. The molecule has 1 amide bonds. The van der Waals surface area contributed by atoms with Crippen molar-refractivity contribution in [3.8, 4) is 5.75 Å². The van der Waals surface area contributed by atoms with Crippen molar-refractivity contribution in [3.63, 3.8) is 0 Å². The fourth-order valence-corrected chi connectivity index (χ4v) is 1.21. The molecule has 0 heterocycles. The fraction of sp³-hybridized carbons (Fsp3) is 0.333. The largest absolute Gasteiger partial charge is 0.508 e. The van der Waals surface area contributed by atoms with Gasteiger partial charge in [-0.15, -0.1) is 0 Å². The summed E-state index contributed by atoms with van der Waals surface area (Å²) in [7, 11) is 0. The lowest BCUT2D eigenvalue weighted by Gasteiger charge is -2.18. The van der Waals surface area contributed by atoms with Crippen LogP contribution in [0.25, 0.3) is 0 Å². The average molecular weight is 252 g/mol. The van der Waals surface area contributed by atoms with Crippen molar-refractivity contribution in [1.82, 2.24) is 5.32 Å². The van der Waals surface area contributed by atoms with E-state index >= 15 is 0 Å². The molecule has 1 rings (SSSR count). The second kappa shape index (κ2) is 5.14. The monoisotopic (exact) mass is 252 g/mol. The summed E-state index contributed by atoms with van der Waals surface area (Å²) >= 11 is 5.01. The van der Waals surface area contributed by atoms with Gasteiger partial charge in [0.15, 0.2) is 5.11 Å². The lowest BCUT2D eigenvalue weighted by molar-refractivity contribution is -0.126. The van der Waals surface area contributed by atoms with Gasteiger partial charge in [0, 0.05) is 11.1 Å². The van der Waals surface area contributed by atoms with Gasteiger partial charge in [0.25, 0.3) is 0 Å². The first-order valence-electron chi connectivity index (χ1n) is 5.20. The van der Waals surface area contributed by atoms with E-state index in [9.17, 15) is 4.79 Å². The second-order valence-electron chi connectivity index (χ2n) is 4.71. The number of rotatable bonds is 1. The molecule has 0 aliphatic heterocycles. The molecule has 17 heavy (non-hydrogen) atoms. The van der Waals surface area contributed by atoms with E-state index in [-0.39, 0.29) is 16.8 Å². The SMILES string of the molecule is CC(C)(C)C(=O)NC(=S)Nc1ccc(O)cc1. The number of amides is 1. The number of phenols is 1. The lowest BCUT2D eigenvalue weighted by atomic mass is 9.96. The maximum absolute atomic E-state index is 11.6. The third-order valence-corrected chi connectivity index (χ3v) is 2.24. The summed E-state index contributed by atoms with van der Waals surface area (Å²) in [6.45, 7) is 5.43. The van der Waals surface area contributed by atoms with Crippen LogP contribution < -0.4 is 10.6 Å².